The highest BCUT2D eigenvalue weighted by atomic mass is 35.5. The maximum atomic E-state index is 12.0. The highest BCUT2D eigenvalue weighted by Gasteiger charge is 2.18. The third-order valence-corrected chi connectivity index (χ3v) is 5.05. The lowest BCUT2D eigenvalue weighted by Crippen LogP contribution is -2.33. The van der Waals surface area contributed by atoms with E-state index in [1.54, 1.807) is 6.07 Å². The molecule has 1 aromatic carbocycles. The zero-order valence-electron chi connectivity index (χ0n) is 12.0. The number of nitrogens with one attached hydrogen (secondary N) is 2. The smallest absolute Gasteiger partial charge is 0.253 e. The predicted octanol–water partition coefficient (Wildman–Crippen LogP) is 3.31. The second-order valence-corrected chi connectivity index (χ2v) is 7.02. The zero-order chi connectivity index (χ0) is 16.4. The SMILES string of the molecule is O=C(CNC(=O)c1ccc(Cl)cc1Cl)Nc1nc2c(s1)CCC2. The quantitative estimate of drug-likeness (QED) is 0.868. The summed E-state index contributed by atoms with van der Waals surface area (Å²) in [4.78, 5) is 29.5. The van der Waals surface area contributed by atoms with Gasteiger partial charge in [0.25, 0.3) is 5.91 Å². The van der Waals surface area contributed by atoms with Crippen LogP contribution < -0.4 is 10.6 Å². The normalized spacial score (nSPS) is 12.8. The Morgan fingerprint density at radius 1 is 1.26 bits per heavy atom. The Balaban J connectivity index is 1.54. The average molecular weight is 370 g/mol. The van der Waals surface area contributed by atoms with E-state index in [0.717, 1.165) is 25.0 Å². The fraction of sp³-hybridized carbons (Fsp3) is 0.267. The van der Waals surface area contributed by atoms with E-state index < -0.39 is 5.91 Å². The van der Waals surface area contributed by atoms with Crippen LogP contribution in [0.3, 0.4) is 0 Å². The lowest BCUT2D eigenvalue weighted by molar-refractivity contribution is -0.115. The summed E-state index contributed by atoms with van der Waals surface area (Å²) >= 11 is 13.2. The number of hydrogen-bond acceptors (Lipinski definition) is 4. The molecular weight excluding hydrogens is 357 g/mol. The molecule has 23 heavy (non-hydrogen) atoms. The Morgan fingerprint density at radius 2 is 2.09 bits per heavy atom. The first kappa shape index (κ1) is 16.2. The zero-order valence-corrected chi connectivity index (χ0v) is 14.3. The third kappa shape index (κ3) is 3.83. The summed E-state index contributed by atoms with van der Waals surface area (Å²) in [6, 6.07) is 4.57. The fourth-order valence-electron chi connectivity index (χ4n) is 2.34. The van der Waals surface area contributed by atoms with Crippen molar-refractivity contribution < 1.29 is 9.59 Å². The number of fused-ring (bicyclic) bond motifs is 1. The first-order chi connectivity index (χ1) is 11.0. The van der Waals surface area contributed by atoms with Crippen molar-refractivity contribution in [2.75, 3.05) is 11.9 Å². The Morgan fingerprint density at radius 3 is 2.83 bits per heavy atom. The molecule has 0 fully saturated rings. The van der Waals surface area contributed by atoms with E-state index in [0.29, 0.717) is 10.2 Å². The highest BCUT2D eigenvalue weighted by Crippen LogP contribution is 2.30. The van der Waals surface area contributed by atoms with Crippen LogP contribution in [-0.4, -0.2) is 23.3 Å². The molecule has 3 rings (SSSR count). The predicted molar refractivity (Wildman–Crippen MR) is 91.6 cm³/mol. The Bertz CT molecular complexity index is 755. The number of thiazole rings is 1. The van der Waals surface area contributed by atoms with Gasteiger partial charge in [0.1, 0.15) is 0 Å². The summed E-state index contributed by atoms with van der Waals surface area (Å²) in [5.41, 5.74) is 1.35. The second-order valence-electron chi connectivity index (χ2n) is 5.10. The van der Waals surface area contributed by atoms with Crippen LogP contribution in [0.15, 0.2) is 18.2 Å². The Hall–Kier alpha value is -1.63. The molecule has 2 N–H and O–H groups in total. The van der Waals surface area contributed by atoms with Gasteiger partial charge in [-0.15, -0.1) is 11.3 Å². The minimum Gasteiger partial charge on any atom is -0.343 e. The van der Waals surface area contributed by atoms with Gasteiger partial charge < -0.3 is 10.6 Å². The minimum absolute atomic E-state index is 0.151. The molecule has 0 spiro atoms. The molecule has 2 aromatic rings. The maximum Gasteiger partial charge on any atom is 0.253 e. The Kier molecular flexibility index (Phi) is 4.84. The summed E-state index contributed by atoms with van der Waals surface area (Å²) in [5.74, 6) is -0.751. The monoisotopic (exact) mass is 369 g/mol. The number of benzene rings is 1. The lowest BCUT2D eigenvalue weighted by Gasteiger charge is -2.07. The maximum absolute atomic E-state index is 12.0. The van der Waals surface area contributed by atoms with E-state index in [-0.39, 0.29) is 23.0 Å². The average Bonchev–Trinajstić information content (AvgIpc) is 3.06. The molecule has 8 heteroatoms. The first-order valence-electron chi connectivity index (χ1n) is 7.04. The van der Waals surface area contributed by atoms with Crippen LogP contribution in [0.4, 0.5) is 5.13 Å². The van der Waals surface area contributed by atoms with Crippen LogP contribution in [0.1, 0.15) is 27.3 Å². The van der Waals surface area contributed by atoms with Crippen molar-refractivity contribution in [3.63, 3.8) is 0 Å². The number of nitrogens with zero attached hydrogens (tertiary/aromatic N) is 1. The van der Waals surface area contributed by atoms with Crippen molar-refractivity contribution in [3.8, 4) is 0 Å². The molecule has 2 amide bonds. The molecule has 0 saturated heterocycles. The van der Waals surface area contributed by atoms with Gasteiger partial charge >= 0.3 is 0 Å². The van der Waals surface area contributed by atoms with Gasteiger partial charge in [0.2, 0.25) is 5.91 Å². The summed E-state index contributed by atoms with van der Waals surface area (Å²) in [7, 11) is 0. The molecule has 0 aliphatic heterocycles. The molecule has 0 saturated carbocycles. The van der Waals surface area contributed by atoms with Crippen LogP contribution in [0, 0.1) is 0 Å². The fourth-order valence-corrected chi connectivity index (χ4v) is 3.90. The minimum atomic E-state index is -0.427. The Labute approximate surface area is 147 Å². The molecule has 0 bridgehead atoms. The molecule has 1 aliphatic carbocycles. The van der Waals surface area contributed by atoms with Crippen molar-refractivity contribution in [1.82, 2.24) is 10.3 Å². The number of carbonyl (C=O) groups excluding carboxylic acids is 2. The summed E-state index contributed by atoms with van der Waals surface area (Å²) in [6.45, 7) is -0.151. The number of aryl methyl sites for hydroxylation is 2. The number of rotatable bonds is 4. The summed E-state index contributed by atoms with van der Waals surface area (Å²) < 4.78 is 0. The van der Waals surface area contributed by atoms with Gasteiger partial charge in [-0.25, -0.2) is 4.98 Å². The molecule has 120 valence electrons. The molecular formula is C15H13Cl2N3O2S. The summed E-state index contributed by atoms with van der Waals surface area (Å²) in [6.07, 6.45) is 3.11. The summed E-state index contributed by atoms with van der Waals surface area (Å²) in [5, 5.41) is 6.50. The molecule has 1 aliphatic rings. The van der Waals surface area contributed by atoms with Crippen molar-refractivity contribution >= 4 is 51.5 Å². The molecule has 5 nitrogen and oxygen atoms in total. The number of halogens is 2. The largest absolute Gasteiger partial charge is 0.343 e. The van der Waals surface area contributed by atoms with E-state index in [4.69, 9.17) is 23.2 Å². The first-order valence-corrected chi connectivity index (χ1v) is 8.62. The van der Waals surface area contributed by atoms with Crippen molar-refractivity contribution in [2.45, 2.75) is 19.3 Å². The molecule has 0 radical (unpaired) electrons. The van der Waals surface area contributed by atoms with Gasteiger partial charge in [-0.05, 0) is 37.5 Å². The number of hydrogen-bond donors (Lipinski definition) is 2. The highest BCUT2D eigenvalue weighted by molar-refractivity contribution is 7.15. The van der Waals surface area contributed by atoms with Crippen LogP contribution in [-0.2, 0) is 17.6 Å². The van der Waals surface area contributed by atoms with E-state index in [2.05, 4.69) is 15.6 Å². The number of amides is 2. The van der Waals surface area contributed by atoms with Gasteiger partial charge in [-0.1, -0.05) is 23.2 Å². The van der Waals surface area contributed by atoms with Gasteiger partial charge in [-0.3, -0.25) is 9.59 Å². The van der Waals surface area contributed by atoms with Crippen LogP contribution >= 0.6 is 34.5 Å². The number of carbonyl (C=O) groups is 2. The molecule has 0 unspecified atom stereocenters. The van der Waals surface area contributed by atoms with Gasteiger partial charge in [0, 0.05) is 9.90 Å². The van der Waals surface area contributed by atoms with Crippen LogP contribution in [0.2, 0.25) is 10.0 Å². The van der Waals surface area contributed by atoms with E-state index in [9.17, 15) is 9.59 Å². The number of anilines is 1. The van der Waals surface area contributed by atoms with Gasteiger partial charge in [-0.2, -0.15) is 0 Å². The van der Waals surface area contributed by atoms with Crippen LogP contribution in [0.25, 0.3) is 0 Å². The topological polar surface area (TPSA) is 71.1 Å². The van der Waals surface area contributed by atoms with E-state index in [1.165, 1.54) is 28.3 Å². The van der Waals surface area contributed by atoms with Crippen LogP contribution in [0.5, 0.6) is 0 Å². The molecule has 0 atom stereocenters. The van der Waals surface area contributed by atoms with Gasteiger partial charge in [0.05, 0.1) is 22.8 Å². The third-order valence-electron chi connectivity index (χ3n) is 3.43. The van der Waals surface area contributed by atoms with E-state index >= 15 is 0 Å². The number of aromatic nitrogens is 1. The van der Waals surface area contributed by atoms with E-state index in [1.807, 2.05) is 0 Å². The molecule has 1 heterocycles. The van der Waals surface area contributed by atoms with Crippen molar-refractivity contribution in [3.05, 3.63) is 44.4 Å². The van der Waals surface area contributed by atoms with Crippen molar-refractivity contribution in [1.29, 1.82) is 0 Å². The van der Waals surface area contributed by atoms with Crippen molar-refractivity contribution in [2.24, 2.45) is 0 Å². The molecule has 1 aromatic heterocycles. The standard InChI is InChI=1S/C15H13Cl2N3O2S/c16-8-4-5-9(10(17)6-8)14(22)18-7-13(21)20-15-19-11-2-1-3-12(11)23-15/h4-6H,1-3,7H2,(H,18,22)(H,19,20,21). The second kappa shape index (κ2) is 6.86. The lowest BCUT2D eigenvalue weighted by atomic mass is 10.2. The van der Waals surface area contributed by atoms with Gasteiger partial charge in [0.15, 0.2) is 5.13 Å².